The van der Waals surface area contributed by atoms with Crippen LogP contribution in [-0.2, 0) is 4.74 Å². The Hall–Kier alpha value is -2.03. The lowest BCUT2D eigenvalue weighted by atomic mass is 10.1. The van der Waals surface area contributed by atoms with Gasteiger partial charge in [-0.3, -0.25) is 0 Å². The lowest BCUT2D eigenvalue weighted by Crippen LogP contribution is -2.27. The van der Waals surface area contributed by atoms with Crippen LogP contribution in [0, 0.1) is 13.8 Å². The van der Waals surface area contributed by atoms with E-state index >= 15 is 0 Å². The van der Waals surface area contributed by atoms with E-state index in [9.17, 15) is 0 Å². The number of nitrogens with zero attached hydrogens (tertiary/aromatic N) is 2. The Kier molecular flexibility index (Phi) is 6.90. The van der Waals surface area contributed by atoms with Gasteiger partial charge >= 0.3 is 0 Å². The van der Waals surface area contributed by atoms with Crippen molar-refractivity contribution in [3.8, 4) is 0 Å². The topological polar surface area (TPSA) is 24.8 Å². The Balaban J connectivity index is 3.21. The number of rotatable bonds is 6. The molecule has 0 saturated heterocycles. The van der Waals surface area contributed by atoms with Crippen molar-refractivity contribution in [3.63, 3.8) is 0 Å². The van der Waals surface area contributed by atoms with Crippen LogP contribution in [0.5, 0.6) is 0 Å². The molecule has 22 heavy (non-hydrogen) atoms. The zero-order valence-corrected chi connectivity index (χ0v) is 14.7. The average Bonchev–Trinajstić information content (AvgIpc) is 2.50. The van der Waals surface area contributed by atoms with Crippen LogP contribution in [-0.4, -0.2) is 20.0 Å². The Labute approximate surface area is 135 Å². The normalized spacial score (nSPS) is 12.3. The number of anilines is 1. The maximum atomic E-state index is 5.13. The second-order valence-corrected chi connectivity index (χ2v) is 5.34. The fourth-order valence-electron chi connectivity index (χ4n) is 2.48. The lowest BCUT2D eigenvalue weighted by molar-refractivity contribution is 0.308. The molecule has 1 aromatic carbocycles. The largest absolute Gasteiger partial charge is 0.497 e. The third kappa shape index (κ3) is 4.48. The molecular weight excluding hydrogens is 272 g/mol. The van der Waals surface area contributed by atoms with Crippen LogP contribution in [0.25, 0.3) is 0 Å². The second-order valence-electron chi connectivity index (χ2n) is 5.34. The number of aliphatic imine (C=N–C) groups is 1. The lowest BCUT2D eigenvalue weighted by Gasteiger charge is -2.25. The van der Waals surface area contributed by atoms with Crippen LogP contribution in [0.15, 0.2) is 47.3 Å². The van der Waals surface area contributed by atoms with Crippen LogP contribution in [0.4, 0.5) is 5.69 Å². The third-order valence-electron chi connectivity index (χ3n) is 3.70. The predicted molar refractivity (Wildman–Crippen MR) is 96.6 cm³/mol. The molecule has 0 amide bonds. The van der Waals surface area contributed by atoms with Gasteiger partial charge in [0.25, 0.3) is 0 Å². The first kappa shape index (κ1) is 18.0. The molecule has 0 heterocycles. The molecule has 3 heteroatoms. The highest BCUT2D eigenvalue weighted by Crippen LogP contribution is 2.25. The number of amidine groups is 1. The molecule has 120 valence electrons. The summed E-state index contributed by atoms with van der Waals surface area (Å²) in [5.41, 5.74) is 4.71. The Morgan fingerprint density at radius 3 is 2.27 bits per heavy atom. The number of hydrogen-bond acceptors (Lipinski definition) is 2. The summed E-state index contributed by atoms with van der Waals surface area (Å²) in [6, 6.07) is 6.36. The predicted octanol–water partition coefficient (Wildman–Crippen LogP) is 5.00. The summed E-state index contributed by atoms with van der Waals surface area (Å²) in [6.07, 6.45) is 3.60. The summed E-state index contributed by atoms with van der Waals surface area (Å²) in [4.78, 5) is 7.01. The minimum absolute atomic E-state index is 0.630. The van der Waals surface area contributed by atoms with Crippen LogP contribution in [0.1, 0.15) is 37.8 Å². The first-order valence-electron chi connectivity index (χ1n) is 7.75. The van der Waals surface area contributed by atoms with Gasteiger partial charge in [0.15, 0.2) is 0 Å². The number of methoxy groups -OCH3 is 1. The van der Waals surface area contributed by atoms with E-state index < -0.39 is 0 Å². The number of aryl methyl sites for hydroxylation is 2. The fourth-order valence-corrected chi connectivity index (χ4v) is 2.48. The highest BCUT2D eigenvalue weighted by molar-refractivity contribution is 5.99. The van der Waals surface area contributed by atoms with Gasteiger partial charge in [-0.05, 0) is 31.4 Å². The summed E-state index contributed by atoms with van der Waals surface area (Å²) in [5, 5.41) is 0. The molecule has 0 aliphatic carbocycles. The Bertz CT molecular complexity index is 565. The summed E-state index contributed by atoms with van der Waals surface area (Å²) in [5.74, 6) is 1.67. The van der Waals surface area contributed by atoms with Gasteiger partial charge in [0.05, 0.1) is 7.11 Å². The van der Waals surface area contributed by atoms with Crippen LogP contribution in [0.3, 0.4) is 0 Å². The molecule has 0 aromatic heterocycles. The maximum absolute atomic E-state index is 5.13. The number of benzene rings is 1. The molecule has 0 aliphatic rings. The van der Waals surface area contributed by atoms with Gasteiger partial charge < -0.3 is 9.64 Å². The molecule has 1 aromatic rings. The van der Waals surface area contributed by atoms with E-state index in [-0.39, 0.29) is 0 Å². The standard InChI is InChI=1S/C19H28N2O/c1-8-17(13-16(5)22-7)20-18(9-2)21(6)19-14(3)11-10-12-15(19)4/h10-13H,5,8-9H2,1-4,6-7H3/b17-13+,20-18-. The Morgan fingerprint density at radius 1 is 1.23 bits per heavy atom. The minimum atomic E-state index is 0.630. The highest BCUT2D eigenvalue weighted by atomic mass is 16.5. The van der Waals surface area contributed by atoms with Gasteiger partial charge in [0, 0.05) is 30.9 Å². The van der Waals surface area contributed by atoms with Crippen LogP contribution >= 0.6 is 0 Å². The van der Waals surface area contributed by atoms with Crippen molar-refractivity contribution < 1.29 is 4.74 Å². The van der Waals surface area contributed by atoms with E-state index in [1.165, 1.54) is 16.8 Å². The van der Waals surface area contributed by atoms with Crippen LogP contribution in [0.2, 0.25) is 0 Å². The van der Waals surface area contributed by atoms with Crippen molar-refractivity contribution >= 4 is 11.5 Å². The molecule has 0 spiro atoms. The summed E-state index contributed by atoms with van der Waals surface area (Å²) in [6.45, 7) is 12.3. The van der Waals surface area contributed by atoms with Crippen molar-refractivity contribution in [1.29, 1.82) is 0 Å². The number of allylic oxidation sites excluding steroid dienone is 2. The average molecular weight is 300 g/mol. The molecule has 0 bridgehead atoms. The number of para-hydroxylation sites is 1. The van der Waals surface area contributed by atoms with Crippen molar-refractivity contribution in [2.75, 3.05) is 19.1 Å². The fraction of sp³-hybridized carbons (Fsp3) is 0.421. The minimum Gasteiger partial charge on any atom is -0.497 e. The molecule has 3 nitrogen and oxygen atoms in total. The Morgan fingerprint density at radius 2 is 1.82 bits per heavy atom. The van der Waals surface area contributed by atoms with Gasteiger partial charge in [-0.25, -0.2) is 4.99 Å². The van der Waals surface area contributed by atoms with Crippen molar-refractivity contribution in [3.05, 3.63) is 53.4 Å². The zero-order valence-electron chi connectivity index (χ0n) is 14.7. The molecule has 0 fully saturated rings. The molecule has 0 unspecified atom stereocenters. The van der Waals surface area contributed by atoms with Crippen LogP contribution < -0.4 is 4.90 Å². The quantitative estimate of drug-likeness (QED) is 0.319. The third-order valence-corrected chi connectivity index (χ3v) is 3.70. The molecule has 0 saturated carbocycles. The van der Waals surface area contributed by atoms with Crippen molar-refractivity contribution in [2.45, 2.75) is 40.5 Å². The second kappa shape index (κ2) is 8.42. The van der Waals surface area contributed by atoms with E-state index in [1.54, 1.807) is 7.11 Å². The monoisotopic (exact) mass is 300 g/mol. The molecule has 0 atom stereocenters. The van der Waals surface area contributed by atoms with Gasteiger partial charge in [0.2, 0.25) is 0 Å². The molecule has 0 radical (unpaired) electrons. The summed E-state index contributed by atoms with van der Waals surface area (Å²) >= 11 is 0. The molecule has 0 aliphatic heterocycles. The van der Waals surface area contributed by atoms with Gasteiger partial charge in [-0.2, -0.15) is 0 Å². The van der Waals surface area contributed by atoms with Gasteiger partial charge in [-0.1, -0.05) is 38.6 Å². The number of hydrogen-bond donors (Lipinski definition) is 0. The number of ether oxygens (including phenoxy) is 1. The maximum Gasteiger partial charge on any atom is 0.113 e. The van der Waals surface area contributed by atoms with E-state index in [2.05, 4.69) is 64.4 Å². The van der Waals surface area contributed by atoms with E-state index in [0.29, 0.717) is 5.76 Å². The smallest absolute Gasteiger partial charge is 0.113 e. The summed E-state index contributed by atoms with van der Waals surface area (Å²) < 4.78 is 5.13. The van der Waals surface area contributed by atoms with E-state index in [4.69, 9.17) is 9.73 Å². The van der Waals surface area contributed by atoms with Crippen molar-refractivity contribution in [1.82, 2.24) is 0 Å². The van der Waals surface area contributed by atoms with Gasteiger partial charge in [-0.15, -0.1) is 0 Å². The van der Waals surface area contributed by atoms with Crippen molar-refractivity contribution in [2.24, 2.45) is 4.99 Å². The highest BCUT2D eigenvalue weighted by Gasteiger charge is 2.12. The van der Waals surface area contributed by atoms with E-state index in [0.717, 1.165) is 24.4 Å². The molecular formula is C19H28N2O. The SMILES string of the molecule is C=C(/C=C(CC)/N=C(/CC)N(C)c1c(C)cccc1C)OC. The summed E-state index contributed by atoms with van der Waals surface area (Å²) in [7, 11) is 3.70. The molecule has 0 N–H and O–H groups in total. The van der Waals surface area contributed by atoms with Gasteiger partial charge in [0.1, 0.15) is 11.6 Å². The molecule has 1 rings (SSSR count). The zero-order chi connectivity index (χ0) is 16.7. The first-order valence-corrected chi connectivity index (χ1v) is 7.75. The van der Waals surface area contributed by atoms with E-state index in [1.807, 2.05) is 6.08 Å². The first-order chi connectivity index (χ1) is 10.4.